The van der Waals surface area contributed by atoms with Crippen LogP contribution in [0.25, 0.3) is 5.69 Å². The summed E-state index contributed by atoms with van der Waals surface area (Å²) in [4.78, 5) is 17.1. The van der Waals surface area contributed by atoms with Gasteiger partial charge in [0, 0.05) is 36.6 Å². The van der Waals surface area contributed by atoms with Gasteiger partial charge in [0.2, 0.25) is 0 Å². The number of hydrogen-bond acceptors (Lipinski definition) is 7. The fourth-order valence-electron chi connectivity index (χ4n) is 2.91. The van der Waals surface area contributed by atoms with Gasteiger partial charge in [-0.05, 0) is 38.0 Å². The van der Waals surface area contributed by atoms with E-state index in [1.54, 1.807) is 27.8 Å². The number of rotatable bonds is 7. The fourth-order valence-corrected chi connectivity index (χ4v) is 2.91. The zero-order valence-electron chi connectivity index (χ0n) is 16.4. The average molecular weight is 395 g/mol. The summed E-state index contributed by atoms with van der Waals surface area (Å²) in [5.74, 6) is 12.0. The van der Waals surface area contributed by atoms with Crippen LogP contribution in [0.3, 0.4) is 0 Å². The van der Waals surface area contributed by atoms with Crippen LogP contribution >= 0.6 is 0 Å². The molecule has 152 valence electrons. The lowest BCUT2D eigenvalue weighted by atomic mass is 10.1. The number of nitrogens with zero attached hydrogens (tertiary/aromatic N) is 5. The SMILES string of the molecule is CC(C)n1nccc1Nc1nccn(-c2ccc(CC/C(=N/N)NN)cc2)c1=O. The lowest BCUT2D eigenvalue weighted by Crippen LogP contribution is -2.31. The minimum atomic E-state index is -0.248. The van der Waals surface area contributed by atoms with E-state index in [0.717, 1.165) is 17.7 Å². The van der Waals surface area contributed by atoms with Crippen molar-refractivity contribution in [3.8, 4) is 5.69 Å². The minimum Gasteiger partial charge on any atom is -0.322 e. The summed E-state index contributed by atoms with van der Waals surface area (Å²) in [5, 5.41) is 10.9. The minimum absolute atomic E-state index is 0.158. The monoisotopic (exact) mass is 395 g/mol. The quantitative estimate of drug-likeness (QED) is 0.205. The van der Waals surface area contributed by atoms with Crippen LogP contribution in [-0.2, 0) is 6.42 Å². The van der Waals surface area contributed by atoms with Gasteiger partial charge >= 0.3 is 0 Å². The predicted octanol–water partition coefficient (Wildman–Crippen LogP) is 1.42. The first-order valence-corrected chi connectivity index (χ1v) is 9.24. The smallest absolute Gasteiger partial charge is 0.298 e. The van der Waals surface area contributed by atoms with Gasteiger partial charge in [0.25, 0.3) is 5.56 Å². The molecule has 0 aliphatic carbocycles. The molecule has 0 saturated carbocycles. The van der Waals surface area contributed by atoms with Crippen molar-refractivity contribution in [2.24, 2.45) is 16.8 Å². The number of aryl methyl sites for hydroxylation is 1. The van der Waals surface area contributed by atoms with E-state index < -0.39 is 0 Å². The number of anilines is 2. The molecular weight excluding hydrogens is 370 g/mol. The van der Waals surface area contributed by atoms with E-state index >= 15 is 0 Å². The zero-order valence-corrected chi connectivity index (χ0v) is 16.4. The van der Waals surface area contributed by atoms with Crippen LogP contribution in [0.4, 0.5) is 11.6 Å². The van der Waals surface area contributed by atoms with Crippen molar-refractivity contribution in [2.75, 3.05) is 5.32 Å². The molecule has 6 N–H and O–H groups in total. The Morgan fingerprint density at radius 3 is 2.62 bits per heavy atom. The number of hydrazine groups is 1. The van der Waals surface area contributed by atoms with Crippen molar-refractivity contribution in [3.63, 3.8) is 0 Å². The van der Waals surface area contributed by atoms with Crippen molar-refractivity contribution in [3.05, 3.63) is 64.8 Å². The van der Waals surface area contributed by atoms with E-state index in [1.165, 1.54) is 0 Å². The van der Waals surface area contributed by atoms with Gasteiger partial charge in [-0.1, -0.05) is 12.1 Å². The third-order valence-electron chi connectivity index (χ3n) is 4.43. The van der Waals surface area contributed by atoms with Crippen molar-refractivity contribution in [1.82, 2.24) is 24.8 Å². The standard InChI is InChI=1S/C19H25N9O/c1-13(2)28-17(9-10-23-28)24-18-19(29)27(12-11-22-18)15-6-3-14(4-7-15)5-8-16(25-20)26-21/h3-4,6-7,9-13H,5,8,20-21H2,1-2H3,(H,22,24)(H,25,26). The highest BCUT2D eigenvalue weighted by molar-refractivity contribution is 5.81. The van der Waals surface area contributed by atoms with Gasteiger partial charge in [-0.15, -0.1) is 0 Å². The zero-order chi connectivity index (χ0) is 20.8. The van der Waals surface area contributed by atoms with Crippen LogP contribution < -0.4 is 28.0 Å². The van der Waals surface area contributed by atoms with Gasteiger partial charge in [-0.25, -0.2) is 15.5 Å². The average Bonchev–Trinajstić information content (AvgIpc) is 3.19. The van der Waals surface area contributed by atoms with E-state index in [0.29, 0.717) is 18.1 Å². The van der Waals surface area contributed by atoms with Crippen LogP contribution in [0.2, 0.25) is 0 Å². The Hall–Kier alpha value is -3.66. The lowest BCUT2D eigenvalue weighted by molar-refractivity contribution is 0.539. The molecule has 3 rings (SSSR count). The van der Waals surface area contributed by atoms with Gasteiger partial charge in [-0.3, -0.25) is 9.36 Å². The van der Waals surface area contributed by atoms with Crippen LogP contribution in [0, 0.1) is 0 Å². The van der Waals surface area contributed by atoms with E-state index in [2.05, 4.69) is 25.9 Å². The van der Waals surface area contributed by atoms with Gasteiger partial charge < -0.3 is 16.6 Å². The first kappa shape index (κ1) is 20.1. The number of hydrogen-bond donors (Lipinski definition) is 4. The molecule has 2 aromatic heterocycles. The summed E-state index contributed by atoms with van der Waals surface area (Å²) in [6, 6.07) is 9.64. The molecule has 0 aliphatic rings. The summed E-state index contributed by atoms with van der Waals surface area (Å²) in [7, 11) is 0. The highest BCUT2D eigenvalue weighted by atomic mass is 16.1. The second kappa shape index (κ2) is 9.02. The van der Waals surface area contributed by atoms with E-state index in [-0.39, 0.29) is 17.4 Å². The Balaban J connectivity index is 1.80. The Morgan fingerprint density at radius 1 is 1.21 bits per heavy atom. The second-order valence-electron chi connectivity index (χ2n) is 6.72. The maximum absolute atomic E-state index is 12.9. The normalized spacial score (nSPS) is 11.7. The topological polar surface area (TPSA) is 141 Å². The fraction of sp³-hybridized carbons (Fsp3) is 0.263. The molecule has 0 radical (unpaired) electrons. The molecule has 0 amide bonds. The maximum atomic E-state index is 12.9. The van der Waals surface area contributed by atoms with Crippen LogP contribution in [0.15, 0.2) is 58.8 Å². The van der Waals surface area contributed by atoms with Crippen molar-refractivity contribution in [2.45, 2.75) is 32.7 Å². The van der Waals surface area contributed by atoms with Crippen molar-refractivity contribution >= 4 is 17.5 Å². The van der Waals surface area contributed by atoms with Gasteiger partial charge in [0.15, 0.2) is 5.82 Å². The number of nitrogens with two attached hydrogens (primary N) is 2. The Labute approximate surface area is 168 Å². The Kier molecular flexibility index (Phi) is 6.25. The van der Waals surface area contributed by atoms with Gasteiger partial charge in [0.05, 0.1) is 6.20 Å². The van der Waals surface area contributed by atoms with Gasteiger partial charge in [-0.2, -0.15) is 10.2 Å². The molecule has 0 saturated heterocycles. The summed E-state index contributed by atoms with van der Waals surface area (Å²) < 4.78 is 3.34. The molecular formula is C19H25N9O. The van der Waals surface area contributed by atoms with Crippen LogP contribution in [-0.4, -0.2) is 25.2 Å². The highest BCUT2D eigenvalue weighted by Gasteiger charge is 2.11. The number of nitrogens with one attached hydrogen (secondary N) is 2. The Morgan fingerprint density at radius 2 is 1.97 bits per heavy atom. The van der Waals surface area contributed by atoms with Crippen LogP contribution in [0.1, 0.15) is 31.9 Å². The molecule has 10 nitrogen and oxygen atoms in total. The Bertz CT molecular complexity index is 1030. The molecule has 3 aromatic rings. The largest absolute Gasteiger partial charge is 0.322 e. The molecule has 0 unspecified atom stereocenters. The molecule has 29 heavy (non-hydrogen) atoms. The highest BCUT2D eigenvalue weighted by Crippen LogP contribution is 2.16. The molecule has 0 bridgehead atoms. The maximum Gasteiger partial charge on any atom is 0.298 e. The van der Waals surface area contributed by atoms with Gasteiger partial charge in [0.1, 0.15) is 11.7 Å². The first-order chi connectivity index (χ1) is 14.0. The number of aromatic nitrogens is 4. The molecule has 2 heterocycles. The number of hydrazone groups is 1. The summed E-state index contributed by atoms with van der Waals surface area (Å²) >= 11 is 0. The van der Waals surface area contributed by atoms with E-state index in [1.807, 2.05) is 44.2 Å². The lowest BCUT2D eigenvalue weighted by Gasteiger charge is -2.13. The molecule has 0 aliphatic heterocycles. The third-order valence-corrected chi connectivity index (χ3v) is 4.43. The molecule has 0 fully saturated rings. The second-order valence-corrected chi connectivity index (χ2v) is 6.72. The first-order valence-electron chi connectivity index (χ1n) is 9.24. The molecule has 1 aromatic carbocycles. The number of benzene rings is 1. The molecule has 0 spiro atoms. The summed E-state index contributed by atoms with van der Waals surface area (Å²) in [5.41, 5.74) is 4.03. The van der Waals surface area contributed by atoms with Crippen molar-refractivity contribution in [1.29, 1.82) is 0 Å². The summed E-state index contributed by atoms with van der Waals surface area (Å²) in [6.07, 6.45) is 6.23. The summed E-state index contributed by atoms with van der Waals surface area (Å²) in [6.45, 7) is 4.03. The van der Waals surface area contributed by atoms with Crippen molar-refractivity contribution < 1.29 is 0 Å². The van der Waals surface area contributed by atoms with E-state index in [9.17, 15) is 4.79 Å². The van der Waals surface area contributed by atoms with Crippen LogP contribution in [0.5, 0.6) is 0 Å². The third kappa shape index (κ3) is 4.61. The molecule has 0 atom stereocenters. The number of amidine groups is 1. The molecule has 10 heteroatoms. The predicted molar refractivity (Wildman–Crippen MR) is 113 cm³/mol. The van der Waals surface area contributed by atoms with E-state index in [4.69, 9.17) is 11.7 Å².